The van der Waals surface area contributed by atoms with E-state index < -0.39 is 0 Å². The number of hydrogen-bond donors (Lipinski definition) is 2. The Labute approximate surface area is 128 Å². The van der Waals surface area contributed by atoms with Crippen LogP contribution < -0.4 is 5.84 Å². The summed E-state index contributed by atoms with van der Waals surface area (Å²) in [6.07, 6.45) is 0. The molecule has 4 nitrogen and oxygen atoms in total. The maximum atomic E-state index is 10.1. The van der Waals surface area contributed by atoms with Crippen molar-refractivity contribution in [3.05, 3.63) is 70.9 Å². The Hall–Kier alpha value is -2.88. The monoisotopic (exact) mass is 291 g/mol. The number of aromatic hydroxyl groups is 1. The van der Waals surface area contributed by atoms with Gasteiger partial charge in [-0.3, -0.25) is 4.98 Å². The summed E-state index contributed by atoms with van der Waals surface area (Å²) < 4.78 is 0. The summed E-state index contributed by atoms with van der Waals surface area (Å²) in [6, 6.07) is 15.1. The van der Waals surface area contributed by atoms with E-state index in [4.69, 9.17) is 5.84 Å². The van der Waals surface area contributed by atoms with Gasteiger partial charge in [0.1, 0.15) is 11.5 Å². The number of pyridine rings is 1. The van der Waals surface area contributed by atoms with Crippen molar-refractivity contribution in [3.8, 4) is 5.75 Å². The first kappa shape index (κ1) is 14.1. The number of nitrogens with zero attached hydrogens (tertiary/aromatic N) is 2. The highest BCUT2D eigenvalue weighted by molar-refractivity contribution is 6.20. The predicted octanol–water partition coefficient (Wildman–Crippen LogP) is 3.27. The minimum atomic E-state index is 0.155. The molecule has 22 heavy (non-hydrogen) atoms. The van der Waals surface area contributed by atoms with Crippen LogP contribution in [0.15, 0.2) is 53.6 Å². The number of hydrazone groups is 1. The zero-order valence-electron chi connectivity index (χ0n) is 12.5. The number of benzene rings is 2. The molecule has 0 amide bonds. The molecular weight excluding hydrogens is 274 g/mol. The number of phenols is 1. The summed E-state index contributed by atoms with van der Waals surface area (Å²) in [5, 5.41) is 15.0. The van der Waals surface area contributed by atoms with Crippen molar-refractivity contribution in [3.63, 3.8) is 0 Å². The highest BCUT2D eigenvalue weighted by Gasteiger charge is 2.15. The van der Waals surface area contributed by atoms with Gasteiger partial charge < -0.3 is 10.9 Å². The number of fused-ring (bicyclic) bond motifs is 1. The molecule has 3 N–H and O–H groups in total. The molecule has 0 saturated carbocycles. The molecule has 0 bridgehead atoms. The average Bonchev–Trinajstić information content (AvgIpc) is 2.50. The van der Waals surface area contributed by atoms with Gasteiger partial charge in [-0.2, -0.15) is 5.10 Å². The lowest BCUT2D eigenvalue weighted by molar-refractivity contribution is 0.474. The molecule has 3 rings (SSSR count). The molecule has 0 aliphatic heterocycles. The largest absolute Gasteiger partial charge is 0.507 e. The molecule has 0 radical (unpaired) electrons. The molecule has 0 unspecified atom stereocenters. The van der Waals surface area contributed by atoms with Gasteiger partial charge in [-0.15, -0.1) is 0 Å². The maximum absolute atomic E-state index is 10.1. The fourth-order valence-corrected chi connectivity index (χ4v) is 2.63. The molecule has 0 aliphatic rings. The fraction of sp³-hybridized carbons (Fsp3) is 0.111. The summed E-state index contributed by atoms with van der Waals surface area (Å²) in [5.74, 6) is 5.80. The van der Waals surface area contributed by atoms with Crippen molar-refractivity contribution < 1.29 is 5.11 Å². The standard InChI is InChI=1S/C18H17N3O/c1-11-7-8-16-14(9-11)15(10-12(2)20-16)18(21-19)13-5-3-4-6-17(13)22/h3-10,22H,19H2,1-2H3/b21-18+. The van der Waals surface area contributed by atoms with Crippen molar-refractivity contribution in [1.29, 1.82) is 0 Å². The number of aromatic nitrogens is 1. The topological polar surface area (TPSA) is 71.5 Å². The van der Waals surface area contributed by atoms with Crippen LogP contribution in [0.25, 0.3) is 10.9 Å². The van der Waals surface area contributed by atoms with Gasteiger partial charge in [0.05, 0.1) is 5.52 Å². The zero-order valence-corrected chi connectivity index (χ0v) is 12.5. The third-order valence-electron chi connectivity index (χ3n) is 3.64. The van der Waals surface area contributed by atoms with E-state index >= 15 is 0 Å². The first-order valence-corrected chi connectivity index (χ1v) is 7.05. The van der Waals surface area contributed by atoms with Crippen molar-refractivity contribution in [2.45, 2.75) is 13.8 Å². The van der Waals surface area contributed by atoms with Crippen LogP contribution in [0.2, 0.25) is 0 Å². The van der Waals surface area contributed by atoms with Crippen LogP contribution in [0.5, 0.6) is 5.75 Å². The summed E-state index contributed by atoms with van der Waals surface area (Å²) in [5.41, 5.74) is 4.93. The fourth-order valence-electron chi connectivity index (χ4n) is 2.63. The van der Waals surface area contributed by atoms with E-state index in [1.165, 1.54) is 0 Å². The summed E-state index contributed by atoms with van der Waals surface area (Å²) in [6.45, 7) is 3.96. The minimum Gasteiger partial charge on any atom is -0.507 e. The minimum absolute atomic E-state index is 0.155. The maximum Gasteiger partial charge on any atom is 0.125 e. The predicted molar refractivity (Wildman–Crippen MR) is 89.2 cm³/mol. The molecule has 0 saturated heterocycles. The molecule has 1 aromatic heterocycles. The first-order valence-electron chi connectivity index (χ1n) is 7.05. The molecule has 2 aromatic carbocycles. The Morgan fingerprint density at radius 2 is 1.82 bits per heavy atom. The van der Waals surface area contributed by atoms with Crippen molar-refractivity contribution in [1.82, 2.24) is 4.98 Å². The van der Waals surface area contributed by atoms with Gasteiger partial charge in [0, 0.05) is 22.2 Å². The Kier molecular flexibility index (Phi) is 3.51. The van der Waals surface area contributed by atoms with E-state index in [-0.39, 0.29) is 5.75 Å². The van der Waals surface area contributed by atoms with E-state index in [9.17, 15) is 5.11 Å². The molecule has 4 heteroatoms. The van der Waals surface area contributed by atoms with Gasteiger partial charge in [-0.05, 0) is 44.2 Å². The molecule has 0 aliphatic carbocycles. The van der Waals surface area contributed by atoms with Crippen LogP contribution in [-0.4, -0.2) is 15.8 Å². The lowest BCUT2D eigenvalue weighted by atomic mass is 9.96. The van der Waals surface area contributed by atoms with E-state index in [1.54, 1.807) is 18.2 Å². The number of rotatable bonds is 2. The van der Waals surface area contributed by atoms with E-state index in [0.717, 1.165) is 27.7 Å². The van der Waals surface area contributed by atoms with Crippen LogP contribution in [0.4, 0.5) is 0 Å². The Bertz CT molecular complexity index is 885. The molecule has 110 valence electrons. The lowest BCUT2D eigenvalue weighted by Gasteiger charge is -2.12. The van der Waals surface area contributed by atoms with Crippen LogP contribution in [0.1, 0.15) is 22.4 Å². The highest BCUT2D eigenvalue weighted by atomic mass is 16.3. The van der Waals surface area contributed by atoms with E-state index in [1.807, 2.05) is 38.1 Å². The molecule has 3 aromatic rings. The number of hydrogen-bond acceptors (Lipinski definition) is 4. The third kappa shape index (κ3) is 2.39. The average molecular weight is 291 g/mol. The second-order valence-corrected chi connectivity index (χ2v) is 5.33. The Morgan fingerprint density at radius 3 is 2.55 bits per heavy atom. The number of aryl methyl sites for hydroxylation is 2. The summed E-state index contributed by atoms with van der Waals surface area (Å²) >= 11 is 0. The van der Waals surface area contributed by atoms with Gasteiger partial charge in [-0.1, -0.05) is 23.8 Å². The first-order chi connectivity index (χ1) is 10.6. The summed E-state index contributed by atoms with van der Waals surface area (Å²) in [7, 11) is 0. The van der Waals surface area contributed by atoms with Crippen LogP contribution in [0.3, 0.4) is 0 Å². The van der Waals surface area contributed by atoms with Gasteiger partial charge in [0.2, 0.25) is 0 Å². The van der Waals surface area contributed by atoms with Crippen molar-refractivity contribution in [2.75, 3.05) is 0 Å². The van der Waals surface area contributed by atoms with E-state index in [2.05, 4.69) is 16.2 Å². The molecule has 0 spiro atoms. The summed E-state index contributed by atoms with van der Waals surface area (Å²) in [4.78, 5) is 4.55. The number of phenolic OH excluding ortho intramolecular Hbond substituents is 1. The van der Waals surface area contributed by atoms with Crippen molar-refractivity contribution in [2.24, 2.45) is 10.9 Å². The van der Waals surface area contributed by atoms with Gasteiger partial charge in [-0.25, -0.2) is 0 Å². The van der Waals surface area contributed by atoms with Crippen LogP contribution in [0, 0.1) is 13.8 Å². The Morgan fingerprint density at radius 1 is 1.05 bits per heavy atom. The van der Waals surface area contributed by atoms with E-state index in [0.29, 0.717) is 11.3 Å². The Balaban J connectivity index is 2.33. The molecular formula is C18H17N3O. The SMILES string of the molecule is Cc1ccc2nc(C)cc(/C(=N/N)c3ccccc3O)c2c1. The highest BCUT2D eigenvalue weighted by Crippen LogP contribution is 2.26. The van der Waals surface area contributed by atoms with Crippen LogP contribution in [-0.2, 0) is 0 Å². The lowest BCUT2D eigenvalue weighted by Crippen LogP contribution is -2.08. The van der Waals surface area contributed by atoms with Crippen LogP contribution >= 0.6 is 0 Å². The second kappa shape index (κ2) is 5.48. The second-order valence-electron chi connectivity index (χ2n) is 5.33. The number of nitrogens with two attached hydrogens (primary N) is 1. The third-order valence-corrected chi connectivity index (χ3v) is 3.64. The number of para-hydroxylation sites is 1. The van der Waals surface area contributed by atoms with Gasteiger partial charge >= 0.3 is 0 Å². The van der Waals surface area contributed by atoms with Gasteiger partial charge in [0.15, 0.2) is 0 Å². The zero-order chi connectivity index (χ0) is 15.7. The van der Waals surface area contributed by atoms with Gasteiger partial charge in [0.25, 0.3) is 0 Å². The molecule has 1 heterocycles. The molecule has 0 atom stereocenters. The quantitative estimate of drug-likeness (QED) is 0.432. The van der Waals surface area contributed by atoms with Crippen molar-refractivity contribution >= 4 is 16.6 Å². The molecule has 0 fully saturated rings. The smallest absolute Gasteiger partial charge is 0.125 e. The normalized spacial score (nSPS) is 11.8.